The van der Waals surface area contributed by atoms with Crippen LogP contribution in [0.25, 0.3) is 0 Å². The third-order valence-electron chi connectivity index (χ3n) is 2.60. The molecule has 0 saturated carbocycles. The molecular formula is C12H17BrOS. The van der Waals surface area contributed by atoms with Gasteiger partial charge in [0.1, 0.15) is 0 Å². The minimum Gasteiger partial charge on any atom is -0.389 e. The molecule has 0 aromatic heterocycles. The van der Waals surface area contributed by atoms with Gasteiger partial charge in [0.2, 0.25) is 0 Å². The predicted octanol–water partition coefficient (Wildman–Crippen LogP) is 3.95. The lowest BCUT2D eigenvalue weighted by Crippen LogP contribution is -2.33. The lowest BCUT2D eigenvalue weighted by Gasteiger charge is -2.27. The summed E-state index contributed by atoms with van der Waals surface area (Å²) in [6, 6.07) is 8.09. The first kappa shape index (κ1) is 13.1. The van der Waals surface area contributed by atoms with Gasteiger partial charge in [-0.15, -0.1) is 11.8 Å². The first-order chi connectivity index (χ1) is 6.93. The summed E-state index contributed by atoms with van der Waals surface area (Å²) in [5, 5.41) is 10.1. The number of benzene rings is 1. The number of hydrogen-bond acceptors (Lipinski definition) is 2. The van der Waals surface area contributed by atoms with Crippen LogP contribution in [0, 0.1) is 5.92 Å². The molecular weight excluding hydrogens is 272 g/mol. The lowest BCUT2D eigenvalue weighted by molar-refractivity contribution is 0.0376. The molecule has 1 nitrogen and oxygen atoms in total. The summed E-state index contributed by atoms with van der Waals surface area (Å²) in [6.45, 7) is 5.97. The molecule has 1 unspecified atom stereocenters. The fraction of sp³-hybridized carbons (Fsp3) is 0.500. The molecule has 0 spiro atoms. The minimum absolute atomic E-state index is 0.271. The molecule has 0 radical (unpaired) electrons. The van der Waals surface area contributed by atoms with E-state index in [1.165, 1.54) is 4.90 Å². The van der Waals surface area contributed by atoms with Crippen LogP contribution in [0.5, 0.6) is 0 Å². The van der Waals surface area contributed by atoms with Gasteiger partial charge < -0.3 is 5.11 Å². The summed E-state index contributed by atoms with van der Waals surface area (Å²) in [7, 11) is 0. The van der Waals surface area contributed by atoms with Gasteiger partial charge in [-0.2, -0.15) is 0 Å². The number of rotatable bonds is 4. The predicted molar refractivity (Wildman–Crippen MR) is 70.3 cm³/mol. The fourth-order valence-electron chi connectivity index (χ4n) is 0.952. The molecule has 0 aliphatic carbocycles. The summed E-state index contributed by atoms with van der Waals surface area (Å²) in [4.78, 5) is 1.18. The molecule has 3 heteroatoms. The zero-order valence-corrected chi connectivity index (χ0v) is 11.7. The Morgan fingerprint density at radius 1 is 1.40 bits per heavy atom. The van der Waals surface area contributed by atoms with Crippen molar-refractivity contribution < 1.29 is 5.11 Å². The maximum absolute atomic E-state index is 10.1. The van der Waals surface area contributed by atoms with E-state index < -0.39 is 5.60 Å². The van der Waals surface area contributed by atoms with Crippen LogP contribution in [0.15, 0.2) is 33.6 Å². The maximum Gasteiger partial charge on any atom is 0.0736 e. The Bertz CT molecular complexity index is 323. The number of thioether (sulfide) groups is 1. The monoisotopic (exact) mass is 288 g/mol. The number of aliphatic hydroxyl groups is 1. The standard InChI is InChI=1S/C12H17BrOS/c1-9(2)12(3,14)8-15-11-7-5-4-6-10(11)13/h4-7,9,14H,8H2,1-3H3. The molecule has 1 aromatic carbocycles. The summed E-state index contributed by atoms with van der Waals surface area (Å²) in [6.07, 6.45) is 0. The molecule has 0 heterocycles. The van der Waals surface area contributed by atoms with Gasteiger partial charge in [-0.1, -0.05) is 26.0 Å². The van der Waals surface area contributed by atoms with Crippen LogP contribution in [0.1, 0.15) is 20.8 Å². The van der Waals surface area contributed by atoms with E-state index in [-0.39, 0.29) is 5.92 Å². The van der Waals surface area contributed by atoms with E-state index in [2.05, 4.69) is 22.0 Å². The van der Waals surface area contributed by atoms with Crippen molar-refractivity contribution in [1.29, 1.82) is 0 Å². The Morgan fingerprint density at radius 2 is 2.00 bits per heavy atom. The van der Waals surface area contributed by atoms with Crippen molar-refractivity contribution in [2.45, 2.75) is 31.3 Å². The lowest BCUT2D eigenvalue weighted by atomic mass is 9.95. The second-order valence-corrected chi connectivity index (χ2v) is 6.10. The van der Waals surface area contributed by atoms with Crippen molar-refractivity contribution in [2.75, 3.05) is 5.75 Å². The molecule has 1 atom stereocenters. The maximum atomic E-state index is 10.1. The Kier molecular flexibility index (Phi) is 4.68. The van der Waals surface area contributed by atoms with Gasteiger partial charge in [-0.25, -0.2) is 0 Å². The van der Waals surface area contributed by atoms with E-state index in [4.69, 9.17) is 0 Å². The highest BCUT2D eigenvalue weighted by atomic mass is 79.9. The summed E-state index contributed by atoms with van der Waals surface area (Å²) in [5.74, 6) is 0.986. The van der Waals surface area contributed by atoms with Crippen LogP contribution in [0.3, 0.4) is 0 Å². The van der Waals surface area contributed by atoms with Crippen LogP contribution < -0.4 is 0 Å². The highest BCUT2D eigenvalue weighted by Gasteiger charge is 2.25. The van der Waals surface area contributed by atoms with Crippen molar-refractivity contribution in [2.24, 2.45) is 5.92 Å². The third kappa shape index (κ3) is 3.82. The molecule has 0 saturated heterocycles. The number of hydrogen-bond donors (Lipinski definition) is 1. The van der Waals surface area contributed by atoms with Crippen molar-refractivity contribution >= 4 is 27.7 Å². The number of halogens is 1. The summed E-state index contributed by atoms with van der Waals surface area (Å²) < 4.78 is 1.09. The van der Waals surface area contributed by atoms with Crippen molar-refractivity contribution in [3.8, 4) is 0 Å². The topological polar surface area (TPSA) is 20.2 Å². The first-order valence-corrected chi connectivity index (χ1v) is 6.81. The van der Waals surface area contributed by atoms with Crippen LogP contribution >= 0.6 is 27.7 Å². The smallest absolute Gasteiger partial charge is 0.0736 e. The van der Waals surface area contributed by atoms with Crippen LogP contribution in [-0.2, 0) is 0 Å². The molecule has 84 valence electrons. The molecule has 0 amide bonds. The van der Waals surface area contributed by atoms with Gasteiger partial charge in [-0.05, 0) is 40.9 Å². The van der Waals surface area contributed by atoms with Crippen LogP contribution in [-0.4, -0.2) is 16.5 Å². The minimum atomic E-state index is -0.611. The molecule has 0 aliphatic heterocycles. The third-order valence-corrected chi connectivity index (χ3v) is 4.95. The second kappa shape index (κ2) is 5.37. The Hall–Kier alpha value is 0.01000. The quantitative estimate of drug-likeness (QED) is 0.847. The molecule has 0 fully saturated rings. The van der Waals surface area contributed by atoms with Crippen molar-refractivity contribution in [3.63, 3.8) is 0 Å². The zero-order valence-electron chi connectivity index (χ0n) is 9.33. The fourth-order valence-corrected chi connectivity index (χ4v) is 2.74. The van der Waals surface area contributed by atoms with E-state index >= 15 is 0 Å². The molecule has 0 bridgehead atoms. The molecule has 15 heavy (non-hydrogen) atoms. The summed E-state index contributed by atoms with van der Waals surface area (Å²) >= 11 is 5.18. The highest BCUT2D eigenvalue weighted by Crippen LogP contribution is 2.31. The SMILES string of the molecule is CC(C)C(C)(O)CSc1ccccc1Br. The van der Waals surface area contributed by atoms with E-state index in [1.54, 1.807) is 11.8 Å². The summed E-state index contributed by atoms with van der Waals surface area (Å²) in [5.41, 5.74) is -0.611. The van der Waals surface area contributed by atoms with Crippen LogP contribution in [0.2, 0.25) is 0 Å². The van der Waals surface area contributed by atoms with Crippen molar-refractivity contribution in [1.82, 2.24) is 0 Å². The van der Waals surface area contributed by atoms with E-state index in [0.717, 1.165) is 4.47 Å². The zero-order chi connectivity index (χ0) is 11.5. The van der Waals surface area contributed by atoms with Gasteiger partial charge in [0.05, 0.1) is 5.60 Å². The van der Waals surface area contributed by atoms with Gasteiger partial charge in [0, 0.05) is 15.1 Å². The Balaban J connectivity index is 2.62. The molecule has 1 aromatic rings. The van der Waals surface area contributed by atoms with E-state index in [1.807, 2.05) is 39.0 Å². The largest absolute Gasteiger partial charge is 0.389 e. The van der Waals surface area contributed by atoms with Crippen molar-refractivity contribution in [3.05, 3.63) is 28.7 Å². The second-order valence-electron chi connectivity index (χ2n) is 4.23. The highest BCUT2D eigenvalue weighted by molar-refractivity contribution is 9.10. The average Bonchev–Trinajstić information content (AvgIpc) is 2.16. The normalized spacial score (nSPS) is 15.3. The average molecular weight is 289 g/mol. The van der Waals surface area contributed by atoms with E-state index in [9.17, 15) is 5.11 Å². The van der Waals surface area contributed by atoms with Gasteiger partial charge in [0.15, 0.2) is 0 Å². The van der Waals surface area contributed by atoms with E-state index in [0.29, 0.717) is 5.75 Å². The van der Waals surface area contributed by atoms with Gasteiger partial charge in [-0.3, -0.25) is 0 Å². The molecule has 0 aliphatic rings. The van der Waals surface area contributed by atoms with Gasteiger partial charge in [0.25, 0.3) is 0 Å². The first-order valence-electron chi connectivity index (χ1n) is 5.03. The molecule has 1 rings (SSSR count). The van der Waals surface area contributed by atoms with Gasteiger partial charge >= 0.3 is 0 Å². The molecule has 1 N–H and O–H groups in total. The van der Waals surface area contributed by atoms with Crippen LogP contribution in [0.4, 0.5) is 0 Å². The Labute approximate surface area is 104 Å². The Morgan fingerprint density at radius 3 is 2.53 bits per heavy atom.